The number of hydrogen-bond donors (Lipinski definition) is 0. The van der Waals surface area contributed by atoms with Gasteiger partial charge in [0.05, 0.1) is 17.8 Å². The number of rotatable bonds is 3. The molecule has 1 aromatic rings. The van der Waals surface area contributed by atoms with Crippen LogP contribution < -0.4 is 0 Å². The van der Waals surface area contributed by atoms with Gasteiger partial charge >= 0.3 is 6.18 Å². The second-order valence-electron chi connectivity index (χ2n) is 6.07. The van der Waals surface area contributed by atoms with Crippen LogP contribution >= 0.6 is 0 Å². The van der Waals surface area contributed by atoms with Crippen molar-refractivity contribution in [1.29, 1.82) is 0 Å². The zero-order chi connectivity index (χ0) is 15.8. The van der Waals surface area contributed by atoms with Crippen LogP contribution in [0.3, 0.4) is 0 Å². The highest BCUT2D eigenvalue weighted by molar-refractivity contribution is 5.32. The Bertz CT molecular complexity index is 496. The summed E-state index contributed by atoms with van der Waals surface area (Å²) in [5.41, 5.74) is -0.882. The van der Waals surface area contributed by atoms with Crippen LogP contribution in [0.5, 0.6) is 0 Å². The minimum atomic E-state index is -4.57. The topological polar surface area (TPSA) is 9.23 Å². The van der Waals surface area contributed by atoms with Gasteiger partial charge in [-0.15, -0.1) is 0 Å². The fourth-order valence-electron chi connectivity index (χ4n) is 2.76. The lowest BCUT2D eigenvalue weighted by molar-refractivity contribution is -0.139. The number of ether oxygens (including phenoxy) is 1. The molecule has 1 heterocycles. The molecule has 0 spiro atoms. The molecule has 1 aliphatic rings. The molecule has 0 radical (unpaired) electrons. The van der Waals surface area contributed by atoms with Crippen LogP contribution in [0.2, 0.25) is 0 Å². The van der Waals surface area contributed by atoms with Crippen molar-refractivity contribution in [3.8, 4) is 0 Å². The third-order valence-electron chi connectivity index (χ3n) is 4.36. The summed E-state index contributed by atoms with van der Waals surface area (Å²) in [5.74, 6) is -0.190. The molecule has 1 aliphatic heterocycles. The van der Waals surface area contributed by atoms with Crippen molar-refractivity contribution in [3.05, 3.63) is 35.1 Å². The molecular weight excluding hydrogens is 284 g/mol. The number of benzene rings is 1. The summed E-state index contributed by atoms with van der Waals surface area (Å²) in [6.45, 7) is 6.19. The normalized spacial score (nSPS) is 24.6. The maximum absolute atomic E-state index is 13.1. The summed E-state index contributed by atoms with van der Waals surface area (Å²) < 4.78 is 58.1. The zero-order valence-corrected chi connectivity index (χ0v) is 12.4. The highest BCUT2D eigenvalue weighted by Gasteiger charge is 2.39. The molecule has 3 atom stereocenters. The molecule has 1 nitrogen and oxygen atoms in total. The summed E-state index contributed by atoms with van der Waals surface area (Å²) >= 11 is 0. The second-order valence-corrected chi connectivity index (χ2v) is 6.07. The molecule has 118 valence electrons. The zero-order valence-electron chi connectivity index (χ0n) is 12.4. The fraction of sp³-hybridized carbons (Fsp3) is 0.625. The van der Waals surface area contributed by atoms with Gasteiger partial charge in [0.2, 0.25) is 0 Å². The fourth-order valence-corrected chi connectivity index (χ4v) is 2.76. The van der Waals surface area contributed by atoms with E-state index in [1.54, 1.807) is 0 Å². The summed E-state index contributed by atoms with van der Waals surface area (Å²) in [7, 11) is 0. The van der Waals surface area contributed by atoms with Gasteiger partial charge in [0.15, 0.2) is 0 Å². The highest BCUT2D eigenvalue weighted by Crippen LogP contribution is 2.42. The van der Waals surface area contributed by atoms with Gasteiger partial charge in [-0.25, -0.2) is 4.39 Å². The Morgan fingerprint density at radius 2 is 1.81 bits per heavy atom. The first kappa shape index (κ1) is 16.3. The molecule has 2 rings (SSSR count). The molecule has 0 aliphatic carbocycles. The lowest BCUT2D eigenvalue weighted by Gasteiger charge is -2.24. The van der Waals surface area contributed by atoms with E-state index < -0.39 is 23.7 Å². The average Bonchev–Trinajstić information content (AvgIpc) is 2.86. The van der Waals surface area contributed by atoms with Gasteiger partial charge < -0.3 is 4.74 Å². The molecule has 5 heteroatoms. The van der Waals surface area contributed by atoms with E-state index >= 15 is 0 Å². The SMILES string of the molecule is CC(C)[C@@H](C)[C@@H]1CC[C@H](c2ccc(F)cc2C(F)(F)F)O1. The average molecular weight is 304 g/mol. The van der Waals surface area contributed by atoms with Crippen LogP contribution in [-0.4, -0.2) is 6.10 Å². The van der Waals surface area contributed by atoms with E-state index in [-0.39, 0.29) is 17.6 Å². The molecule has 0 unspecified atom stereocenters. The van der Waals surface area contributed by atoms with Crippen molar-refractivity contribution >= 4 is 0 Å². The van der Waals surface area contributed by atoms with E-state index in [0.717, 1.165) is 12.5 Å². The number of alkyl halides is 3. The summed E-state index contributed by atoms with van der Waals surface area (Å²) in [4.78, 5) is 0. The molecule has 0 aromatic heterocycles. The highest BCUT2D eigenvalue weighted by atomic mass is 19.4. The molecular formula is C16H20F4O. The van der Waals surface area contributed by atoms with Crippen molar-refractivity contribution in [2.24, 2.45) is 11.8 Å². The van der Waals surface area contributed by atoms with Crippen molar-refractivity contribution < 1.29 is 22.3 Å². The maximum atomic E-state index is 13.1. The first-order chi connectivity index (χ1) is 9.70. The lowest BCUT2D eigenvalue weighted by atomic mass is 9.90. The predicted molar refractivity (Wildman–Crippen MR) is 72.3 cm³/mol. The van der Waals surface area contributed by atoms with Gasteiger partial charge in [-0.3, -0.25) is 0 Å². The van der Waals surface area contributed by atoms with Crippen molar-refractivity contribution in [2.45, 2.75) is 52.0 Å². The Morgan fingerprint density at radius 1 is 1.14 bits per heavy atom. The smallest absolute Gasteiger partial charge is 0.370 e. The van der Waals surface area contributed by atoms with E-state index in [2.05, 4.69) is 13.8 Å². The number of halogens is 4. The second kappa shape index (κ2) is 5.95. The standard InChI is InChI=1S/C16H20F4O/c1-9(2)10(3)14-6-7-15(21-14)12-5-4-11(17)8-13(12)16(18,19)20/h4-5,8-10,14-15H,6-7H2,1-3H3/t10-,14+,15-/m1/s1. The molecule has 1 saturated heterocycles. The van der Waals surface area contributed by atoms with Crippen LogP contribution in [0.4, 0.5) is 17.6 Å². The van der Waals surface area contributed by atoms with Gasteiger partial charge in [-0.1, -0.05) is 26.8 Å². The summed E-state index contributed by atoms with van der Waals surface area (Å²) in [6.07, 6.45) is -3.94. The molecule has 21 heavy (non-hydrogen) atoms. The van der Waals surface area contributed by atoms with E-state index in [1.807, 2.05) is 6.92 Å². The van der Waals surface area contributed by atoms with E-state index in [0.29, 0.717) is 18.4 Å². The molecule has 0 amide bonds. The van der Waals surface area contributed by atoms with Crippen LogP contribution in [0, 0.1) is 17.7 Å². The monoisotopic (exact) mass is 304 g/mol. The van der Waals surface area contributed by atoms with Crippen LogP contribution in [0.15, 0.2) is 18.2 Å². The van der Waals surface area contributed by atoms with Crippen molar-refractivity contribution in [3.63, 3.8) is 0 Å². The molecule has 1 fully saturated rings. The largest absolute Gasteiger partial charge is 0.416 e. The lowest BCUT2D eigenvalue weighted by Crippen LogP contribution is -2.22. The predicted octanol–water partition coefficient (Wildman–Crippen LogP) is 5.36. The maximum Gasteiger partial charge on any atom is 0.416 e. The Labute approximate surface area is 122 Å². The van der Waals surface area contributed by atoms with E-state index in [9.17, 15) is 17.6 Å². The van der Waals surface area contributed by atoms with Gasteiger partial charge in [0, 0.05) is 0 Å². The summed E-state index contributed by atoms with van der Waals surface area (Å²) in [5, 5.41) is 0. The Kier molecular flexibility index (Phi) is 4.61. The Hall–Kier alpha value is -1.10. The van der Waals surface area contributed by atoms with Gasteiger partial charge in [-0.05, 0) is 42.4 Å². The molecule has 0 bridgehead atoms. The van der Waals surface area contributed by atoms with Gasteiger partial charge in [0.25, 0.3) is 0 Å². The quantitative estimate of drug-likeness (QED) is 0.683. The van der Waals surface area contributed by atoms with E-state index in [1.165, 1.54) is 6.07 Å². The molecule has 1 aromatic carbocycles. The van der Waals surface area contributed by atoms with Crippen LogP contribution in [0.1, 0.15) is 50.8 Å². The Morgan fingerprint density at radius 3 is 2.38 bits per heavy atom. The third kappa shape index (κ3) is 3.57. The van der Waals surface area contributed by atoms with Crippen molar-refractivity contribution in [1.82, 2.24) is 0 Å². The van der Waals surface area contributed by atoms with E-state index in [4.69, 9.17) is 4.74 Å². The first-order valence-corrected chi connectivity index (χ1v) is 7.22. The van der Waals surface area contributed by atoms with Crippen LogP contribution in [-0.2, 0) is 10.9 Å². The molecule has 0 saturated carbocycles. The van der Waals surface area contributed by atoms with Crippen LogP contribution in [0.25, 0.3) is 0 Å². The number of hydrogen-bond acceptors (Lipinski definition) is 1. The minimum Gasteiger partial charge on any atom is -0.370 e. The van der Waals surface area contributed by atoms with Crippen molar-refractivity contribution in [2.75, 3.05) is 0 Å². The minimum absolute atomic E-state index is 0.0406. The summed E-state index contributed by atoms with van der Waals surface area (Å²) in [6, 6.07) is 2.82. The van der Waals surface area contributed by atoms with Gasteiger partial charge in [-0.2, -0.15) is 13.2 Å². The molecule has 0 N–H and O–H groups in total. The van der Waals surface area contributed by atoms with Gasteiger partial charge in [0.1, 0.15) is 5.82 Å². The Balaban J connectivity index is 2.24. The third-order valence-corrected chi connectivity index (χ3v) is 4.36. The first-order valence-electron chi connectivity index (χ1n) is 7.22.